The van der Waals surface area contributed by atoms with Crippen molar-refractivity contribution in [1.82, 2.24) is 9.97 Å². The zero-order valence-corrected chi connectivity index (χ0v) is 11.6. The van der Waals surface area contributed by atoms with E-state index in [1.165, 1.54) is 30.4 Å². The molecule has 1 aliphatic rings. The normalized spacial score (nSPS) is 13.1. The molecule has 3 rings (SSSR count). The highest BCUT2D eigenvalue weighted by atomic mass is 15.3. The lowest BCUT2D eigenvalue weighted by atomic mass is 10.1. The molecule has 5 nitrogen and oxygen atoms in total. The first-order valence-electron chi connectivity index (χ1n) is 7.02. The lowest BCUT2D eigenvalue weighted by Crippen LogP contribution is -2.11. The Hall–Kier alpha value is -2.14. The summed E-state index contributed by atoms with van der Waals surface area (Å²) in [6.45, 7) is 2.02. The molecule has 0 radical (unpaired) electrons. The van der Waals surface area contributed by atoms with Gasteiger partial charge >= 0.3 is 0 Å². The number of nitrogens with one attached hydrogen (secondary N) is 2. The molecule has 0 aliphatic heterocycles. The molecular formula is C15H19N5. The van der Waals surface area contributed by atoms with Crippen molar-refractivity contribution >= 4 is 17.3 Å². The van der Waals surface area contributed by atoms with E-state index in [0.717, 1.165) is 23.8 Å². The largest absolute Gasteiger partial charge is 0.340 e. The van der Waals surface area contributed by atoms with Crippen LogP contribution in [0.4, 0.5) is 17.3 Å². The van der Waals surface area contributed by atoms with Crippen molar-refractivity contribution in [3.05, 3.63) is 41.2 Å². The molecule has 0 fully saturated rings. The number of aromatic nitrogens is 2. The summed E-state index contributed by atoms with van der Waals surface area (Å²) in [5.41, 5.74) is 6.55. The van der Waals surface area contributed by atoms with Crippen LogP contribution in [0, 0.1) is 0 Å². The van der Waals surface area contributed by atoms with E-state index in [4.69, 9.17) is 5.84 Å². The Morgan fingerprint density at radius 2 is 1.90 bits per heavy atom. The van der Waals surface area contributed by atoms with Crippen molar-refractivity contribution in [1.29, 1.82) is 0 Å². The van der Waals surface area contributed by atoms with Gasteiger partial charge in [0.2, 0.25) is 0 Å². The smallest absolute Gasteiger partial charge is 0.145 e. The predicted octanol–water partition coefficient (Wildman–Crippen LogP) is 2.56. The zero-order valence-electron chi connectivity index (χ0n) is 11.6. The monoisotopic (exact) mass is 269 g/mol. The molecule has 0 amide bonds. The van der Waals surface area contributed by atoms with Crippen LogP contribution in [0.5, 0.6) is 0 Å². The number of anilines is 3. The third kappa shape index (κ3) is 2.58. The summed E-state index contributed by atoms with van der Waals surface area (Å²) in [7, 11) is 0. The van der Waals surface area contributed by atoms with Gasteiger partial charge in [0.1, 0.15) is 17.5 Å². The van der Waals surface area contributed by atoms with Gasteiger partial charge in [-0.25, -0.2) is 15.8 Å². The maximum atomic E-state index is 5.44. The van der Waals surface area contributed by atoms with Gasteiger partial charge < -0.3 is 10.7 Å². The second-order valence-corrected chi connectivity index (χ2v) is 5.01. The topological polar surface area (TPSA) is 75.9 Å². The molecule has 1 heterocycles. The molecule has 5 heteroatoms. The van der Waals surface area contributed by atoms with Crippen LogP contribution >= 0.6 is 0 Å². The van der Waals surface area contributed by atoms with E-state index in [2.05, 4.69) is 38.9 Å². The standard InChI is InChI=1S/C15H19N5/c1-2-13-18-14(9-15(19-13)20-16)17-12-7-6-10-4-3-5-11(10)8-12/h6-9H,2-5,16H2,1H3,(H2,17,18,19,20). The highest BCUT2D eigenvalue weighted by Crippen LogP contribution is 2.26. The third-order valence-electron chi connectivity index (χ3n) is 3.61. The van der Waals surface area contributed by atoms with Crippen molar-refractivity contribution < 1.29 is 0 Å². The van der Waals surface area contributed by atoms with Gasteiger partial charge in [-0.15, -0.1) is 0 Å². The quantitative estimate of drug-likeness (QED) is 0.587. The molecule has 2 aromatic rings. The van der Waals surface area contributed by atoms with Gasteiger partial charge in [-0.05, 0) is 42.5 Å². The van der Waals surface area contributed by atoms with Crippen LogP contribution in [0.3, 0.4) is 0 Å². The van der Waals surface area contributed by atoms with Crippen molar-refractivity contribution in [2.24, 2.45) is 5.84 Å². The minimum absolute atomic E-state index is 0.625. The second kappa shape index (κ2) is 5.46. The number of nitrogen functional groups attached to an aromatic ring is 1. The van der Waals surface area contributed by atoms with Gasteiger partial charge in [-0.2, -0.15) is 0 Å². The van der Waals surface area contributed by atoms with E-state index in [1.807, 2.05) is 13.0 Å². The average Bonchev–Trinajstić information content (AvgIpc) is 2.94. The fraction of sp³-hybridized carbons (Fsp3) is 0.333. The van der Waals surface area contributed by atoms with Crippen LogP contribution in [-0.4, -0.2) is 9.97 Å². The number of benzene rings is 1. The Bertz CT molecular complexity index is 601. The van der Waals surface area contributed by atoms with Crippen LogP contribution in [0.15, 0.2) is 24.3 Å². The van der Waals surface area contributed by atoms with Gasteiger partial charge in [0.15, 0.2) is 0 Å². The minimum atomic E-state index is 0.625. The van der Waals surface area contributed by atoms with Crippen LogP contribution in [0.1, 0.15) is 30.3 Å². The second-order valence-electron chi connectivity index (χ2n) is 5.01. The Kier molecular flexibility index (Phi) is 3.52. The number of hydrogen-bond donors (Lipinski definition) is 3. The van der Waals surface area contributed by atoms with Crippen LogP contribution in [-0.2, 0) is 19.3 Å². The maximum Gasteiger partial charge on any atom is 0.145 e. The fourth-order valence-electron chi connectivity index (χ4n) is 2.59. The molecule has 104 valence electrons. The van der Waals surface area contributed by atoms with Crippen molar-refractivity contribution in [2.45, 2.75) is 32.6 Å². The molecule has 0 spiro atoms. The fourth-order valence-corrected chi connectivity index (χ4v) is 2.59. The lowest BCUT2D eigenvalue weighted by Gasteiger charge is -2.10. The van der Waals surface area contributed by atoms with Gasteiger partial charge in [0.25, 0.3) is 0 Å². The zero-order chi connectivity index (χ0) is 13.9. The van der Waals surface area contributed by atoms with Gasteiger partial charge in [0, 0.05) is 18.2 Å². The van der Waals surface area contributed by atoms with Gasteiger partial charge in [0.05, 0.1) is 0 Å². The van der Waals surface area contributed by atoms with E-state index < -0.39 is 0 Å². The average molecular weight is 269 g/mol. The lowest BCUT2D eigenvalue weighted by molar-refractivity contribution is 0.912. The maximum absolute atomic E-state index is 5.44. The Morgan fingerprint density at radius 1 is 1.10 bits per heavy atom. The number of aryl methyl sites for hydroxylation is 3. The molecule has 0 saturated heterocycles. The molecule has 0 bridgehead atoms. The number of rotatable bonds is 4. The third-order valence-corrected chi connectivity index (χ3v) is 3.61. The van der Waals surface area contributed by atoms with Crippen molar-refractivity contribution in [3.63, 3.8) is 0 Å². The first-order valence-corrected chi connectivity index (χ1v) is 7.02. The van der Waals surface area contributed by atoms with Crippen LogP contribution in [0.25, 0.3) is 0 Å². The van der Waals surface area contributed by atoms with Crippen molar-refractivity contribution in [3.8, 4) is 0 Å². The molecule has 0 atom stereocenters. The first-order chi connectivity index (χ1) is 9.78. The minimum Gasteiger partial charge on any atom is -0.340 e. The van der Waals surface area contributed by atoms with E-state index in [0.29, 0.717) is 5.82 Å². The summed E-state index contributed by atoms with van der Waals surface area (Å²) in [5, 5.41) is 3.34. The molecule has 0 saturated carbocycles. The Labute approximate surface area is 118 Å². The number of fused-ring (bicyclic) bond motifs is 1. The summed E-state index contributed by atoms with van der Waals surface area (Å²) < 4.78 is 0. The summed E-state index contributed by atoms with van der Waals surface area (Å²) in [6, 6.07) is 8.33. The predicted molar refractivity (Wildman–Crippen MR) is 81.0 cm³/mol. The number of hydrogen-bond acceptors (Lipinski definition) is 5. The van der Waals surface area contributed by atoms with E-state index in [1.54, 1.807) is 0 Å². The number of nitrogens with zero attached hydrogens (tertiary/aromatic N) is 2. The molecular weight excluding hydrogens is 250 g/mol. The summed E-state index contributed by atoms with van der Waals surface area (Å²) in [6.07, 6.45) is 4.40. The van der Waals surface area contributed by atoms with Crippen molar-refractivity contribution in [2.75, 3.05) is 10.7 Å². The van der Waals surface area contributed by atoms with E-state index in [9.17, 15) is 0 Å². The highest BCUT2D eigenvalue weighted by molar-refractivity contribution is 5.61. The summed E-state index contributed by atoms with van der Waals surface area (Å²) >= 11 is 0. The molecule has 1 aliphatic carbocycles. The molecule has 20 heavy (non-hydrogen) atoms. The van der Waals surface area contributed by atoms with Crippen LogP contribution in [0.2, 0.25) is 0 Å². The molecule has 1 aromatic heterocycles. The van der Waals surface area contributed by atoms with Crippen LogP contribution < -0.4 is 16.6 Å². The van der Waals surface area contributed by atoms with Gasteiger partial charge in [-0.1, -0.05) is 13.0 Å². The SMILES string of the molecule is CCc1nc(NN)cc(Nc2ccc3c(c2)CCC3)n1. The molecule has 1 aromatic carbocycles. The summed E-state index contributed by atoms with van der Waals surface area (Å²) in [5.74, 6) is 7.60. The number of hydrazine groups is 1. The Balaban J connectivity index is 1.87. The van der Waals surface area contributed by atoms with E-state index in [-0.39, 0.29) is 0 Å². The molecule has 4 N–H and O–H groups in total. The molecule has 0 unspecified atom stereocenters. The van der Waals surface area contributed by atoms with E-state index >= 15 is 0 Å². The number of nitrogens with two attached hydrogens (primary N) is 1. The first kappa shape index (κ1) is 12.9. The van der Waals surface area contributed by atoms with Gasteiger partial charge in [-0.3, -0.25) is 0 Å². The highest BCUT2D eigenvalue weighted by Gasteiger charge is 2.11. The Morgan fingerprint density at radius 3 is 2.70 bits per heavy atom. The summed E-state index contributed by atoms with van der Waals surface area (Å²) in [4.78, 5) is 8.75.